The van der Waals surface area contributed by atoms with Crippen molar-refractivity contribution in [3.8, 4) is 0 Å². The number of nitrogens with one attached hydrogen (secondary N) is 1. The first-order valence-corrected chi connectivity index (χ1v) is 7.72. The van der Waals surface area contributed by atoms with Crippen LogP contribution >= 0.6 is 0 Å². The van der Waals surface area contributed by atoms with Crippen molar-refractivity contribution in [2.24, 2.45) is 5.92 Å². The Morgan fingerprint density at radius 2 is 2.00 bits per heavy atom. The van der Waals surface area contributed by atoms with Gasteiger partial charge in [-0.3, -0.25) is 0 Å². The van der Waals surface area contributed by atoms with Crippen LogP contribution in [-0.4, -0.2) is 32.4 Å². The first-order chi connectivity index (χ1) is 9.74. The SMILES string of the molecule is CC(C)CNCCc1ccc(COC2CCOC2)cc1. The van der Waals surface area contributed by atoms with E-state index in [0.717, 1.165) is 39.1 Å². The Morgan fingerprint density at radius 3 is 2.65 bits per heavy atom. The zero-order chi connectivity index (χ0) is 14.2. The van der Waals surface area contributed by atoms with Crippen LogP contribution in [0.3, 0.4) is 0 Å². The van der Waals surface area contributed by atoms with E-state index in [1.165, 1.54) is 11.1 Å². The molecule has 0 bridgehead atoms. The van der Waals surface area contributed by atoms with Crippen molar-refractivity contribution >= 4 is 0 Å². The summed E-state index contributed by atoms with van der Waals surface area (Å²) in [6.07, 6.45) is 2.40. The van der Waals surface area contributed by atoms with E-state index in [-0.39, 0.29) is 6.10 Å². The third-order valence-electron chi connectivity index (χ3n) is 3.54. The Kier molecular flexibility index (Phi) is 6.51. The Morgan fingerprint density at radius 1 is 1.25 bits per heavy atom. The van der Waals surface area contributed by atoms with E-state index in [4.69, 9.17) is 9.47 Å². The summed E-state index contributed by atoms with van der Waals surface area (Å²) in [5.74, 6) is 0.717. The molecular formula is C17H27NO2. The Labute approximate surface area is 122 Å². The number of benzene rings is 1. The third-order valence-corrected chi connectivity index (χ3v) is 3.54. The second kappa shape index (κ2) is 8.40. The molecule has 3 heteroatoms. The largest absolute Gasteiger partial charge is 0.379 e. The van der Waals surface area contributed by atoms with Crippen LogP contribution in [0, 0.1) is 5.92 Å². The molecule has 0 spiro atoms. The Hall–Kier alpha value is -0.900. The van der Waals surface area contributed by atoms with Gasteiger partial charge in [0.05, 0.1) is 19.3 Å². The highest BCUT2D eigenvalue weighted by Crippen LogP contribution is 2.12. The minimum Gasteiger partial charge on any atom is -0.379 e. The Bertz CT molecular complexity index is 369. The molecule has 0 aromatic heterocycles. The average molecular weight is 277 g/mol. The summed E-state index contributed by atoms with van der Waals surface area (Å²) >= 11 is 0. The first-order valence-electron chi connectivity index (χ1n) is 7.72. The quantitative estimate of drug-likeness (QED) is 0.741. The summed E-state index contributed by atoms with van der Waals surface area (Å²) in [6.45, 7) is 8.89. The molecule has 1 saturated heterocycles. The summed E-state index contributed by atoms with van der Waals surface area (Å²) in [4.78, 5) is 0. The molecule has 1 unspecified atom stereocenters. The maximum Gasteiger partial charge on any atom is 0.0834 e. The molecule has 1 aliphatic heterocycles. The molecule has 0 radical (unpaired) electrons. The molecule has 1 aromatic rings. The minimum absolute atomic E-state index is 0.287. The topological polar surface area (TPSA) is 30.5 Å². The lowest BCUT2D eigenvalue weighted by molar-refractivity contribution is 0.0317. The van der Waals surface area contributed by atoms with Crippen LogP contribution in [-0.2, 0) is 22.5 Å². The van der Waals surface area contributed by atoms with E-state index >= 15 is 0 Å². The highest BCUT2D eigenvalue weighted by Gasteiger charge is 2.15. The Balaban J connectivity index is 1.66. The molecule has 2 rings (SSSR count). The van der Waals surface area contributed by atoms with E-state index in [1.807, 2.05) is 0 Å². The highest BCUT2D eigenvalue weighted by atomic mass is 16.5. The van der Waals surface area contributed by atoms with Crippen molar-refractivity contribution in [3.63, 3.8) is 0 Å². The maximum absolute atomic E-state index is 5.82. The molecule has 1 heterocycles. The molecule has 1 atom stereocenters. The van der Waals surface area contributed by atoms with Crippen LogP contribution in [0.25, 0.3) is 0 Å². The number of hydrogen-bond donors (Lipinski definition) is 1. The van der Waals surface area contributed by atoms with Crippen LogP contribution in [0.1, 0.15) is 31.4 Å². The van der Waals surface area contributed by atoms with Gasteiger partial charge in [-0.15, -0.1) is 0 Å². The van der Waals surface area contributed by atoms with E-state index in [1.54, 1.807) is 0 Å². The summed E-state index contributed by atoms with van der Waals surface area (Å²) in [5.41, 5.74) is 2.63. The van der Waals surface area contributed by atoms with Crippen molar-refractivity contribution in [1.82, 2.24) is 5.32 Å². The lowest BCUT2D eigenvalue weighted by Gasteiger charge is -2.10. The molecule has 20 heavy (non-hydrogen) atoms. The van der Waals surface area contributed by atoms with Crippen LogP contribution in [0.2, 0.25) is 0 Å². The fourth-order valence-electron chi connectivity index (χ4n) is 2.28. The summed E-state index contributed by atoms with van der Waals surface area (Å²) in [5, 5.41) is 3.47. The molecule has 1 fully saturated rings. The molecule has 3 nitrogen and oxygen atoms in total. The number of ether oxygens (including phenoxy) is 2. The van der Waals surface area contributed by atoms with Gasteiger partial charge in [-0.25, -0.2) is 0 Å². The second-order valence-electron chi connectivity index (χ2n) is 5.96. The first kappa shape index (κ1) is 15.5. The lowest BCUT2D eigenvalue weighted by Crippen LogP contribution is -2.22. The van der Waals surface area contributed by atoms with E-state index in [2.05, 4.69) is 43.4 Å². The summed E-state index contributed by atoms with van der Waals surface area (Å²) in [7, 11) is 0. The normalized spacial score (nSPS) is 18.9. The van der Waals surface area contributed by atoms with Crippen molar-refractivity contribution in [2.45, 2.75) is 39.4 Å². The molecule has 0 aliphatic carbocycles. The molecule has 0 amide bonds. The van der Waals surface area contributed by atoms with Crippen LogP contribution in [0.15, 0.2) is 24.3 Å². The van der Waals surface area contributed by atoms with Gasteiger partial charge in [0.25, 0.3) is 0 Å². The monoisotopic (exact) mass is 277 g/mol. The number of rotatable bonds is 8. The zero-order valence-corrected chi connectivity index (χ0v) is 12.7. The predicted molar refractivity (Wildman–Crippen MR) is 81.9 cm³/mol. The standard InChI is InChI=1S/C17H27NO2/c1-14(2)11-18-9-7-15-3-5-16(6-4-15)12-20-17-8-10-19-13-17/h3-6,14,17-18H,7-13H2,1-2H3. The highest BCUT2D eigenvalue weighted by molar-refractivity contribution is 5.22. The minimum atomic E-state index is 0.287. The molecule has 1 aromatic carbocycles. The van der Waals surface area contributed by atoms with E-state index in [9.17, 15) is 0 Å². The van der Waals surface area contributed by atoms with Gasteiger partial charge in [0, 0.05) is 6.61 Å². The summed E-state index contributed by atoms with van der Waals surface area (Å²) in [6, 6.07) is 8.77. The van der Waals surface area contributed by atoms with Crippen LogP contribution < -0.4 is 5.32 Å². The van der Waals surface area contributed by atoms with Gasteiger partial charge < -0.3 is 14.8 Å². The second-order valence-corrected chi connectivity index (χ2v) is 5.96. The van der Waals surface area contributed by atoms with Crippen molar-refractivity contribution in [2.75, 3.05) is 26.3 Å². The smallest absolute Gasteiger partial charge is 0.0834 e. The third kappa shape index (κ3) is 5.61. The van der Waals surface area contributed by atoms with Gasteiger partial charge in [-0.2, -0.15) is 0 Å². The van der Waals surface area contributed by atoms with Gasteiger partial charge in [0.15, 0.2) is 0 Å². The zero-order valence-electron chi connectivity index (χ0n) is 12.7. The van der Waals surface area contributed by atoms with Gasteiger partial charge in [-0.1, -0.05) is 38.1 Å². The van der Waals surface area contributed by atoms with Crippen molar-refractivity contribution in [1.29, 1.82) is 0 Å². The molecule has 0 saturated carbocycles. The summed E-state index contributed by atoms with van der Waals surface area (Å²) < 4.78 is 11.1. The van der Waals surface area contributed by atoms with Crippen LogP contribution in [0.4, 0.5) is 0 Å². The van der Waals surface area contributed by atoms with Crippen molar-refractivity contribution in [3.05, 3.63) is 35.4 Å². The van der Waals surface area contributed by atoms with E-state index < -0.39 is 0 Å². The van der Waals surface area contributed by atoms with Gasteiger partial charge in [-0.05, 0) is 43.0 Å². The van der Waals surface area contributed by atoms with Gasteiger partial charge >= 0.3 is 0 Å². The fraction of sp³-hybridized carbons (Fsp3) is 0.647. The molecule has 1 N–H and O–H groups in total. The van der Waals surface area contributed by atoms with Crippen molar-refractivity contribution < 1.29 is 9.47 Å². The molecular weight excluding hydrogens is 250 g/mol. The lowest BCUT2D eigenvalue weighted by atomic mass is 10.1. The van der Waals surface area contributed by atoms with Gasteiger partial charge in [0.2, 0.25) is 0 Å². The van der Waals surface area contributed by atoms with Crippen LogP contribution in [0.5, 0.6) is 0 Å². The van der Waals surface area contributed by atoms with E-state index in [0.29, 0.717) is 12.5 Å². The number of hydrogen-bond acceptors (Lipinski definition) is 3. The molecule has 112 valence electrons. The average Bonchev–Trinajstić information content (AvgIpc) is 2.96. The maximum atomic E-state index is 5.82. The fourth-order valence-corrected chi connectivity index (χ4v) is 2.28. The predicted octanol–water partition coefficient (Wildman–Crippen LogP) is 2.78. The van der Waals surface area contributed by atoms with Gasteiger partial charge in [0.1, 0.15) is 0 Å². The molecule has 1 aliphatic rings.